The molecule has 2 nitrogen and oxygen atoms in total. The number of allylic oxidation sites excluding steroid dienone is 2. The van der Waals surface area contributed by atoms with Gasteiger partial charge >= 0.3 is 0 Å². The minimum absolute atomic E-state index is 0.295. The third-order valence-corrected chi connectivity index (χ3v) is 7.11. The largest absolute Gasteiger partial charge is 0.397 e. The van der Waals surface area contributed by atoms with Crippen LogP contribution < -0.4 is 5.73 Å². The van der Waals surface area contributed by atoms with Crippen LogP contribution in [0.5, 0.6) is 0 Å². The van der Waals surface area contributed by atoms with Crippen molar-refractivity contribution in [2.24, 2.45) is 5.41 Å². The number of hydrogen-bond donors (Lipinski definition) is 1. The average Bonchev–Trinajstić information content (AvgIpc) is 2.45. The van der Waals surface area contributed by atoms with Gasteiger partial charge in [-0.1, -0.05) is 47.6 Å². The Hall–Kier alpha value is -0.960. The summed E-state index contributed by atoms with van der Waals surface area (Å²) in [6.45, 7) is 14.2. The van der Waals surface area contributed by atoms with Crippen LogP contribution in [0.15, 0.2) is 18.2 Å². The van der Waals surface area contributed by atoms with Crippen molar-refractivity contribution in [1.82, 2.24) is 4.98 Å². The van der Waals surface area contributed by atoms with Gasteiger partial charge in [0.1, 0.15) is 0 Å². The normalized spacial score (nSPS) is 25.4. The molecule has 1 aliphatic heterocycles. The van der Waals surface area contributed by atoms with E-state index in [1.807, 2.05) is 0 Å². The number of hydrogen-bond acceptors (Lipinski definition) is 3. The highest BCUT2D eigenvalue weighted by Crippen LogP contribution is 2.52. The fourth-order valence-electron chi connectivity index (χ4n) is 4.56. The van der Waals surface area contributed by atoms with Crippen molar-refractivity contribution in [3.05, 3.63) is 29.6 Å². The van der Waals surface area contributed by atoms with Gasteiger partial charge in [0.25, 0.3) is 0 Å². The van der Waals surface area contributed by atoms with Crippen LogP contribution in [0.3, 0.4) is 0 Å². The molecule has 3 heteroatoms. The minimum Gasteiger partial charge on any atom is -0.397 e. The average molecular weight is 359 g/mol. The summed E-state index contributed by atoms with van der Waals surface area (Å²) in [6, 6.07) is 4.25. The first kappa shape index (κ1) is 18.8. The monoisotopic (exact) mass is 358 g/mol. The van der Waals surface area contributed by atoms with Crippen LogP contribution in [0, 0.1) is 5.41 Å². The maximum atomic E-state index is 6.32. The summed E-state index contributed by atoms with van der Waals surface area (Å²) in [5.74, 6) is 0.520. The smallest absolute Gasteiger partial charge is 0.0891 e. The highest BCUT2D eigenvalue weighted by atomic mass is 32.2. The molecule has 1 fully saturated rings. The number of anilines is 1. The Morgan fingerprint density at radius 2 is 1.68 bits per heavy atom. The second-order valence-corrected chi connectivity index (χ2v) is 12.4. The van der Waals surface area contributed by atoms with Gasteiger partial charge in [0, 0.05) is 21.1 Å². The molecule has 25 heavy (non-hydrogen) atoms. The predicted octanol–water partition coefficient (Wildman–Crippen LogP) is 6.43. The summed E-state index contributed by atoms with van der Waals surface area (Å²) in [6.07, 6.45) is 8.16. The number of nitrogens with zero attached hydrogens (tertiary/aromatic N) is 1. The van der Waals surface area contributed by atoms with Gasteiger partial charge in [-0.25, -0.2) is 0 Å². The Morgan fingerprint density at radius 3 is 2.24 bits per heavy atom. The van der Waals surface area contributed by atoms with Crippen molar-refractivity contribution >= 4 is 23.0 Å². The number of nitrogens with two attached hydrogens (primary N) is 1. The van der Waals surface area contributed by atoms with E-state index in [0.29, 0.717) is 20.8 Å². The van der Waals surface area contributed by atoms with E-state index in [9.17, 15) is 0 Å². The molecule has 0 atom stereocenters. The number of aromatic nitrogens is 1. The molecule has 2 N–H and O–H groups in total. The zero-order valence-corrected chi connectivity index (χ0v) is 17.6. The SMILES string of the molecule is CC1(C)CC=C(c2nc(C3CC(C)(C)SC(C)(C)C3)ccc2N)CC1. The summed E-state index contributed by atoms with van der Waals surface area (Å²) >= 11 is 2.12. The van der Waals surface area contributed by atoms with Crippen LogP contribution in [0.1, 0.15) is 91.0 Å². The molecule has 0 amide bonds. The van der Waals surface area contributed by atoms with E-state index >= 15 is 0 Å². The van der Waals surface area contributed by atoms with Gasteiger partial charge in [0.15, 0.2) is 0 Å². The first-order valence-electron chi connectivity index (χ1n) is 9.62. The fourth-order valence-corrected chi connectivity index (χ4v) is 6.63. The van der Waals surface area contributed by atoms with Crippen molar-refractivity contribution in [2.75, 3.05) is 5.73 Å². The molecule has 138 valence electrons. The van der Waals surface area contributed by atoms with E-state index in [2.05, 4.69) is 71.5 Å². The second kappa shape index (κ2) is 6.33. The Bertz CT molecular complexity index is 669. The van der Waals surface area contributed by atoms with Crippen molar-refractivity contribution in [1.29, 1.82) is 0 Å². The molecule has 0 bridgehead atoms. The Kier molecular flexibility index (Phi) is 4.77. The van der Waals surface area contributed by atoms with E-state index < -0.39 is 0 Å². The van der Waals surface area contributed by atoms with Gasteiger partial charge in [-0.15, -0.1) is 11.8 Å². The molecular formula is C22H34N2S. The third-order valence-electron chi connectivity index (χ3n) is 5.67. The zero-order chi connectivity index (χ0) is 18.5. The fraction of sp³-hybridized carbons (Fsp3) is 0.682. The first-order valence-corrected chi connectivity index (χ1v) is 10.4. The topological polar surface area (TPSA) is 38.9 Å². The Morgan fingerprint density at radius 1 is 1.04 bits per heavy atom. The Labute approximate surface area is 158 Å². The van der Waals surface area contributed by atoms with E-state index in [-0.39, 0.29) is 0 Å². The van der Waals surface area contributed by atoms with Crippen molar-refractivity contribution < 1.29 is 0 Å². The Balaban J connectivity index is 1.91. The van der Waals surface area contributed by atoms with E-state index in [4.69, 9.17) is 10.7 Å². The molecular weight excluding hydrogens is 324 g/mol. The van der Waals surface area contributed by atoms with Crippen molar-refractivity contribution in [3.63, 3.8) is 0 Å². The van der Waals surface area contributed by atoms with E-state index in [1.165, 1.54) is 30.5 Å². The third kappa shape index (κ3) is 4.42. The molecule has 1 saturated heterocycles. The highest BCUT2D eigenvalue weighted by Gasteiger charge is 2.40. The van der Waals surface area contributed by atoms with Gasteiger partial charge in [0.2, 0.25) is 0 Å². The summed E-state index contributed by atoms with van der Waals surface area (Å²) < 4.78 is 0.591. The number of thioether (sulfide) groups is 1. The summed E-state index contributed by atoms with van der Waals surface area (Å²) in [4.78, 5) is 5.10. The first-order chi connectivity index (χ1) is 11.5. The molecule has 0 unspecified atom stereocenters. The molecule has 1 aromatic heterocycles. The van der Waals surface area contributed by atoms with Crippen LogP contribution in [0.4, 0.5) is 5.69 Å². The number of rotatable bonds is 2. The van der Waals surface area contributed by atoms with Crippen LogP contribution in [0.2, 0.25) is 0 Å². The molecule has 0 saturated carbocycles. The molecule has 1 aliphatic carbocycles. The standard InChI is InChI=1S/C22H34N2S/c1-20(2)11-9-15(10-12-20)19-17(23)7-8-18(24-19)16-13-21(3,4)25-22(5,6)14-16/h7-9,16H,10-14,23H2,1-6H3. The number of pyridine rings is 1. The van der Waals surface area contributed by atoms with Gasteiger partial charge in [-0.3, -0.25) is 4.98 Å². The summed E-state index contributed by atoms with van der Waals surface area (Å²) in [7, 11) is 0. The van der Waals surface area contributed by atoms with Crippen LogP contribution in [-0.2, 0) is 0 Å². The maximum Gasteiger partial charge on any atom is 0.0891 e. The van der Waals surface area contributed by atoms with Gasteiger partial charge in [-0.2, -0.15) is 0 Å². The summed E-state index contributed by atoms with van der Waals surface area (Å²) in [5, 5.41) is 0. The van der Waals surface area contributed by atoms with Crippen molar-refractivity contribution in [2.45, 2.75) is 89.1 Å². The van der Waals surface area contributed by atoms with Gasteiger partial charge in [-0.05, 0) is 55.2 Å². The zero-order valence-electron chi connectivity index (χ0n) is 16.8. The highest BCUT2D eigenvalue weighted by molar-refractivity contribution is 8.01. The second-order valence-electron chi connectivity index (χ2n) is 10.00. The number of nitrogen functional groups attached to an aromatic ring is 1. The maximum absolute atomic E-state index is 6.32. The lowest BCUT2D eigenvalue weighted by atomic mass is 9.77. The van der Waals surface area contributed by atoms with E-state index in [1.54, 1.807) is 0 Å². The lowest BCUT2D eigenvalue weighted by Crippen LogP contribution is -2.36. The molecule has 2 aliphatic rings. The lowest BCUT2D eigenvalue weighted by Gasteiger charge is -2.44. The van der Waals surface area contributed by atoms with Crippen LogP contribution in [0.25, 0.3) is 5.57 Å². The predicted molar refractivity (Wildman–Crippen MR) is 112 cm³/mol. The molecule has 0 spiro atoms. The minimum atomic E-state index is 0.295. The molecule has 0 radical (unpaired) electrons. The van der Waals surface area contributed by atoms with Crippen LogP contribution in [-0.4, -0.2) is 14.5 Å². The van der Waals surface area contributed by atoms with Gasteiger partial charge in [0.05, 0.1) is 11.4 Å². The summed E-state index contributed by atoms with van der Waals surface area (Å²) in [5.41, 5.74) is 11.2. The van der Waals surface area contributed by atoms with E-state index in [0.717, 1.165) is 24.2 Å². The van der Waals surface area contributed by atoms with Crippen LogP contribution >= 0.6 is 11.8 Å². The van der Waals surface area contributed by atoms with Crippen molar-refractivity contribution in [3.8, 4) is 0 Å². The quantitative estimate of drug-likeness (QED) is 0.662. The lowest BCUT2D eigenvalue weighted by molar-refractivity contribution is 0.334. The molecule has 2 heterocycles. The van der Waals surface area contributed by atoms with Gasteiger partial charge < -0.3 is 5.73 Å². The molecule has 3 rings (SSSR count). The molecule has 0 aromatic carbocycles. The molecule has 1 aromatic rings.